The molecule has 0 radical (unpaired) electrons. The van der Waals surface area contributed by atoms with Crippen LogP contribution in [0.4, 0.5) is 10.5 Å². The van der Waals surface area contributed by atoms with Crippen molar-refractivity contribution in [3.8, 4) is 0 Å². The lowest BCUT2D eigenvalue weighted by molar-refractivity contribution is 0.240. The van der Waals surface area contributed by atoms with Crippen LogP contribution < -0.4 is 15.5 Å². The van der Waals surface area contributed by atoms with E-state index in [1.807, 2.05) is 12.3 Å². The molecule has 0 aliphatic carbocycles. The number of anilines is 1. The van der Waals surface area contributed by atoms with Gasteiger partial charge in [-0.2, -0.15) is 0 Å². The van der Waals surface area contributed by atoms with Gasteiger partial charge in [-0.15, -0.1) is 11.3 Å². The molecule has 1 saturated heterocycles. The summed E-state index contributed by atoms with van der Waals surface area (Å²) in [5.41, 5.74) is 3.29. The number of benzene rings is 1. The van der Waals surface area contributed by atoms with Crippen LogP contribution in [0.1, 0.15) is 35.5 Å². The van der Waals surface area contributed by atoms with E-state index in [0.29, 0.717) is 13.1 Å². The van der Waals surface area contributed by atoms with E-state index in [-0.39, 0.29) is 6.03 Å². The molecule has 24 heavy (non-hydrogen) atoms. The number of piperidine rings is 1. The maximum absolute atomic E-state index is 11.9. The fourth-order valence-corrected chi connectivity index (χ4v) is 3.49. The van der Waals surface area contributed by atoms with Crippen LogP contribution in [0.5, 0.6) is 0 Å². The second-order valence-corrected chi connectivity index (χ2v) is 7.17. The number of amides is 2. The fraction of sp³-hybridized carbons (Fsp3) is 0.444. The van der Waals surface area contributed by atoms with Gasteiger partial charge in [0.05, 0.1) is 17.2 Å². The van der Waals surface area contributed by atoms with Gasteiger partial charge in [0.1, 0.15) is 0 Å². The molecule has 1 fully saturated rings. The summed E-state index contributed by atoms with van der Waals surface area (Å²) in [6.07, 6.45) is 3.90. The number of urea groups is 1. The van der Waals surface area contributed by atoms with Crippen molar-refractivity contribution in [1.29, 1.82) is 0 Å². The first-order valence-electron chi connectivity index (χ1n) is 8.47. The summed E-state index contributed by atoms with van der Waals surface area (Å²) in [5, 5.41) is 8.70. The Kier molecular flexibility index (Phi) is 5.69. The van der Waals surface area contributed by atoms with Crippen molar-refractivity contribution in [2.24, 2.45) is 0 Å². The normalized spacial score (nSPS) is 14.5. The van der Waals surface area contributed by atoms with E-state index in [4.69, 9.17) is 0 Å². The van der Waals surface area contributed by atoms with Gasteiger partial charge >= 0.3 is 6.03 Å². The van der Waals surface area contributed by atoms with E-state index in [1.54, 1.807) is 11.3 Å². The number of aromatic nitrogens is 1. The Morgan fingerprint density at radius 1 is 1.12 bits per heavy atom. The molecule has 1 aromatic heterocycles. The molecule has 0 saturated carbocycles. The van der Waals surface area contributed by atoms with Crippen LogP contribution >= 0.6 is 11.3 Å². The molecule has 0 unspecified atom stereocenters. The Balaban J connectivity index is 1.43. The summed E-state index contributed by atoms with van der Waals surface area (Å²) in [5.74, 6) is 0. The average Bonchev–Trinajstić information content (AvgIpc) is 3.05. The second-order valence-electron chi connectivity index (χ2n) is 6.11. The first-order chi connectivity index (χ1) is 11.7. The largest absolute Gasteiger partial charge is 0.372 e. The van der Waals surface area contributed by atoms with Crippen LogP contribution in [0.2, 0.25) is 0 Å². The zero-order valence-electron chi connectivity index (χ0n) is 14.0. The number of rotatable bonds is 5. The molecule has 0 spiro atoms. The van der Waals surface area contributed by atoms with E-state index in [9.17, 15) is 4.79 Å². The number of nitrogens with one attached hydrogen (secondary N) is 2. The van der Waals surface area contributed by atoms with Crippen LogP contribution in [0.3, 0.4) is 0 Å². The molecule has 1 aliphatic rings. The van der Waals surface area contributed by atoms with Gasteiger partial charge in [-0.25, -0.2) is 9.78 Å². The van der Waals surface area contributed by atoms with Crippen LogP contribution in [-0.2, 0) is 13.1 Å². The number of aryl methyl sites for hydroxylation is 1. The summed E-state index contributed by atoms with van der Waals surface area (Å²) in [7, 11) is 0. The molecule has 0 bridgehead atoms. The SMILES string of the molecule is Cc1nc(CNC(=O)NCc2ccc(N3CCCCC3)cc2)cs1. The second kappa shape index (κ2) is 8.15. The van der Waals surface area contributed by atoms with Crippen molar-refractivity contribution < 1.29 is 4.79 Å². The van der Waals surface area contributed by atoms with Crippen molar-refractivity contribution in [2.75, 3.05) is 18.0 Å². The molecule has 0 atom stereocenters. The lowest BCUT2D eigenvalue weighted by Crippen LogP contribution is -2.34. The smallest absolute Gasteiger partial charge is 0.315 e. The third-order valence-electron chi connectivity index (χ3n) is 4.21. The summed E-state index contributed by atoms with van der Waals surface area (Å²) in [6, 6.07) is 8.32. The van der Waals surface area contributed by atoms with Crippen LogP contribution in [0, 0.1) is 6.92 Å². The number of hydrogen-bond donors (Lipinski definition) is 2. The molecule has 5 nitrogen and oxygen atoms in total. The van der Waals surface area contributed by atoms with Crippen molar-refractivity contribution in [1.82, 2.24) is 15.6 Å². The number of hydrogen-bond acceptors (Lipinski definition) is 4. The molecule has 1 aromatic carbocycles. The van der Waals surface area contributed by atoms with E-state index in [0.717, 1.165) is 29.4 Å². The quantitative estimate of drug-likeness (QED) is 0.873. The summed E-state index contributed by atoms with van der Waals surface area (Å²) in [4.78, 5) is 18.6. The van der Waals surface area contributed by atoms with Crippen molar-refractivity contribution in [2.45, 2.75) is 39.3 Å². The van der Waals surface area contributed by atoms with E-state index in [1.165, 1.54) is 24.9 Å². The van der Waals surface area contributed by atoms with E-state index < -0.39 is 0 Å². The monoisotopic (exact) mass is 344 g/mol. The zero-order chi connectivity index (χ0) is 16.8. The van der Waals surface area contributed by atoms with Crippen molar-refractivity contribution >= 4 is 23.1 Å². The van der Waals surface area contributed by atoms with Crippen molar-refractivity contribution in [3.63, 3.8) is 0 Å². The van der Waals surface area contributed by atoms with Gasteiger partial charge < -0.3 is 15.5 Å². The molecule has 2 heterocycles. The zero-order valence-corrected chi connectivity index (χ0v) is 14.9. The maximum Gasteiger partial charge on any atom is 0.315 e. The molecule has 6 heteroatoms. The minimum Gasteiger partial charge on any atom is -0.372 e. The van der Waals surface area contributed by atoms with Gasteiger partial charge in [0.25, 0.3) is 0 Å². The van der Waals surface area contributed by atoms with Crippen molar-refractivity contribution in [3.05, 3.63) is 45.9 Å². The molecule has 3 rings (SSSR count). The topological polar surface area (TPSA) is 57.3 Å². The Morgan fingerprint density at radius 3 is 2.50 bits per heavy atom. The van der Waals surface area contributed by atoms with Gasteiger partial charge in [0.2, 0.25) is 0 Å². The minimum atomic E-state index is -0.166. The Hall–Kier alpha value is -2.08. The third kappa shape index (κ3) is 4.71. The average molecular weight is 344 g/mol. The van der Waals surface area contributed by atoms with Crippen LogP contribution in [-0.4, -0.2) is 24.1 Å². The Bertz CT molecular complexity index is 662. The van der Waals surface area contributed by atoms with Crippen LogP contribution in [0.15, 0.2) is 29.6 Å². The van der Waals surface area contributed by atoms with Gasteiger partial charge in [-0.05, 0) is 43.9 Å². The lowest BCUT2D eigenvalue weighted by atomic mass is 10.1. The number of carbonyl (C=O) groups excluding carboxylic acids is 1. The summed E-state index contributed by atoms with van der Waals surface area (Å²) < 4.78 is 0. The Morgan fingerprint density at radius 2 is 1.83 bits per heavy atom. The number of nitrogens with zero attached hydrogens (tertiary/aromatic N) is 2. The molecule has 2 amide bonds. The number of thiazole rings is 1. The highest BCUT2D eigenvalue weighted by molar-refractivity contribution is 7.09. The van der Waals surface area contributed by atoms with E-state index in [2.05, 4.69) is 44.8 Å². The van der Waals surface area contributed by atoms with Gasteiger partial charge in [-0.3, -0.25) is 0 Å². The molecular weight excluding hydrogens is 320 g/mol. The molecule has 2 N–H and O–H groups in total. The first-order valence-corrected chi connectivity index (χ1v) is 9.35. The maximum atomic E-state index is 11.9. The van der Waals surface area contributed by atoms with Gasteiger partial charge in [0.15, 0.2) is 0 Å². The Labute approximate surface area is 147 Å². The summed E-state index contributed by atoms with van der Waals surface area (Å²) in [6.45, 7) is 5.25. The predicted molar refractivity (Wildman–Crippen MR) is 98.4 cm³/mol. The highest BCUT2D eigenvalue weighted by Gasteiger charge is 2.10. The number of carbonyl (C=O) groups is 1. The predicted octanol–water partition coefficient (Wildman–Crippen LogP) is 3.44. The van der Waals surface area contributed by atoms with Crippen LogP contribution in [0.25, 0.3) is 0 Å². The molecule has 128 valence electrons. The van der Waals surface area contributed by atoms with Gasteiger partial charge in [0, 0.05) is 30.7 Å². The molecular formula is C18H24N4OS. The fourth-order valence-electron chi connectivity index (χ4n) is 2.88. The molecule has 2 aromatic rings. The highest BCUT2D eigenvalue weighted by Crippen LogP contribution is 2.20. The third-order valence-corrected chi connectivity index (χ3v) is 5.03. The minimum absolute atomic E-state index is 0.166. The lowest BCUT2D eigenvalue weighted by Gasteiger charge is -2.28. The summed E-state index contributed by atoms with van der Waals surface area (Å²) >= 11 is 1.59. The standard InChI is InChI=1S/C18H24N4OS/c1-14-21-16(13-24-14)12-20-18(23)19-11-15-5-7-17(8-6-15)22-9-3-2-4-10-22/h5-8,13H,2-4,9-12H2,1H3,(H2,19,20,23). The molecule has 1 aliphatic heterocycles. The van der Waals surface area contributed by atoms with E-state index >= 15 is 0 Å². The highest BCUT2D eigenvalue weighted by atomic mass is 32.1. The van der Waals surface area contributed by atoms with Gasteiger partial charge in [-0.1, -0.05) is 12.1 Å². The first kappa shape index (κ1) is 16.8.